The number of para-hydroxylation sites is 1. The Bertz CT molecular complexity index is 612. The summed E-state index contributed by atoms with van der Waals surface area (Å²) in [5.41, 5.74) is 1.10. The highest BCUT2D eigenvalue weighted by atomic mass is 79.9. The summed E-state index contributed by atoms with van der Waals surface area (Å²) in [6, 6.07) is 12.1. The molecule has 0 bridgehead atoms. The van der Waals surface area contributed by atoms with Crippen molar-refractivity contribution in [1.82, 2.24) is 10.6 Å². The molecule has 2 aromatic rings. The molecule has 6 heteroatoms. The lowest BCUT2D eigenvalue weighted by molar-refractivity contribution is 0.409. The molecule has 2 N–H and O–H groups in total. The summed E-state index contributed by atoms with van der Waals surface area (Å²) in [4.78, 5) is 5.48. The van der Waals surface area contributed by atoms with Gasteiger partial charge >= 0.3 is 0 Å². The minimum absolute atomic E-state index is 0.665. The second-order valence-electron chi connectivity index (χ2n) is 4.30. The van der Waals surface area contributed by atoms with Crippen LogP contribution >= 0.6 is 27.3 Å². The van der Waals surface area contributed by atoms with Crippen LogP contribution < -0.4 is 15.4 Å². The zero-order chi connectivity index (χ0) is 15.1. The SMILES string of the molecule is CN=C(NCc1ccc(Br)s1)NCc1ccccc1OC. The van der Waals surface area contributed by atoms with Crippen LogP contribution in [0.2, 0.25) is 0 Å². The molecule has 0 saturated heterocycles. The molecule has 0 aliphatic carbocycles. The Labute approximate surface area is 137 Å². The zero-order valence-electron chi connectivity index (χ0n) is 12.0. The van der Waals surface area contributed by atoms with Gasteiger partial charge in [0.25, 0.3) is 0 Å². The van der Waals surface area contributed by atoms with Gasteiger partial charge in [-0.3, -0.25) is 4.99 Å². The molecule has 1 aromatic carbocycles. The lowest BCUT2D eigenvalue weighted by Gasteiger charge is -2.13. The molecule has 0 saturated carbocycles. The molecular weight excluding hydrogens is 350 g/mol. The lowest BCUT2D eigenvalue weighted by Crippen LogP contribution is -2.36. The standard InChI is InChI=1S/C15H18BrN3OS/c1-17-15(19-10-12-7-8-14(16)21-12)18-9-11-5-3-4-6-13(11)20-2/h3-8H,9-10H2,1-2H3,(H2,17,18,19). The van der Waals surface area contributed by atoms with Gasteiger partial charge in [0, 0.05) is 24.0 Å². The summed E-state index contributed by atoms with van der Waals surface area (Å²) in [7, 11) is 3.45. The van der Waals surface area contributed by atoms with E-state index in [0.29, 0.717) is 6.54 Å². The van der Waals surface area contributed by atoms with E-state index in [1.54, 1.807) is 25.5 Å². The third-order valence-electron chi connectivity index (χ3n) is 2.92. The summed E-state index contributed by atoms with van der Waals surface area (Å²) in [6.07, 6.45) is 0. The molecule has 0 aliphatic rings. The summed E-state index contributed by atoms with van der Waals surface area (Å²) >= 11 is 5.18. The predicted molar refractivity (Wildman–Crippen MR) is 92.1 cm³/mol. The molecule has 1 heterocycles. The number of thiophene rings is 1. The van der Waals surface area contributed by atoms with Crippen molar-refractivity contribution in [3.05, 3.63) is 50.6 Å². The quantitative estimate of drug-likeness (QED) is 0.628. The molecule has 0 fully saturated rings. The number of hydrogen-bond acceptors (Lipinski definition) is 3. The smallest absolute Gasteiger partial charge is 0.191 e. The van der Waals surface area contributed by atoms with Gasteiger partial charge in [0.15, 0.2) is 5.96 Å². The highest BCUT2D eigenvalue weighted by Gasteiger charge is 2.04. The van der Waals surface area contributed by atoms with E-state index >= 15 is 0 Å². The average molecular weight is 368 g/mol. The van der Waals surface area contributed by atoms with Crippen molar-refractivity contribution in [2.45, 2.75) is 13.1 Å². The second-order valence-corrected chi connectivity index (χ2v) is 6.84. The van der Waals surface area contributed by atoms with Crippen molar-refractivity contribution >= 4 is 33.2 Å². The third-order valence-corrected chi connectivity index (χ3v) is 4.54. The number of nitrogens with one attached hydrogen (secondary N) is 2. The number of aliphatic imine (C=N–C) groups is 1. The number of ether oxygens (including phenoxy) is 1. The molecule has 0 spiro atoms. The van der Waals surface area contributed by atoms with E-state index in [1.807, 2.05) is 30.3 Å². The van der Waals surface area contributed by atoms with Crippen LogP contribution in [0.1, 0.15) is 10.4 Å². The average Bonchev–Trinajstić information content (AvgIpc) is 2.93. The first-order chi connectivity index (χ1) is 10.2. The summed E-state index contributed by atoms with van der Waals surface area (Å²) in [5, 5.41) is 6.58. The van der Waals surface area contributed by atoms with Gasteiger partial charge < -0.3 is 15.4 Å². The number of guanidine groups is 1. The first-order valence-corrected chi connectivity index (χ1v) is 8.14. The third kappa shape index (κ3) is 4.75. The maximum absolute atomic E-state index is 5.34. The highest BCUT2D eigenvalue weighted by molar-refractivity contribution is 9.11. The number of benzene rings is 1. The molecule has 0 unspecified atom stereocenters. The first-order valence-electron chi connectivity index (χ1n) is 6.53. The Morgan fingerprint density at radius 2 is 1.95 bits per heavy atom. The van der Waals surface area contributed by atoms with E-state index in [1.165, 1.54) is 4.88 Å². The monoisotopic (exact) mass is 367 g/mol. The largest absolute Gasteiger partial charge is 0.496 e. The molecule has 0 amide bonds. The lowest BCUT2D eigenvalue weighted by atomic mass is 10.2. The van der Waals surface area contributed by atoms with Crippen molar-refractivity contribution in [2.24, 2.45) is 4.99 Å². The minimum atomic E-state index is 0.665. The minimum Gasteiger partial charge on any atom is -0.496 e. The van der Waals surface area contributed by atoms with Crippen LogP contribution in [0.4, 0.5) is 0 Å². The fourth-order valence-electron chi connectivity index (χ4n) is 1.87. The molecule has 112 valence electrons. The van der Waals surface area contributed by atoms with Crippen LogP contribution in [0.5, 0.6) is 5.75 Å². The van der Waals surface area contributed by atoms with E-state index in [-0.39, 0.29) is 0 Å². The van der Waals surface area contributed by atoms with Gasteiger partial charge in [-0.25, -0.2) is 0 Å². The van der Waals surface area contributed by atoms with E-state index in [2.05, 4.69) is 37.6 Å². The van der Waals surface area contributed by atoms with Gasteiger partial charge in [-0.1, -0.05) is 18.2 Å². The van der Waals surface area contributed by atoms with Crippen LogP contribution in [-0.4, -0.2) is 20.1 Å². The van der Waals surface area contributed by atoms with E-state index in [0.717, 1.165) is 27.6 Å². The maximum Gasteiger partial charge on any atom is 0.191 e. The van der Waals surface area contributed by atoms with Crippen LogP contribution in [-0.2, 0) is 13.1 Å². The molecule has 2 rings (SSSR count). The van der Waals surface area contributed by atoms with Crippen LogP contribution in [0.3, 0.4) is 0 Å². The molecule has 0 radical (unpaired) electrons. The Morgan fingerprint density at radius 3 is 2.62 bits per heavy atom. The summed E-state index contributed by atoms with van der Waals surface area (Å²) in [6.45, 7) is 1.42. The van der Waals surface area contributed by atoms with Crippen molar-refractivity contribution in [3.63, 3.8) is 0 Å². The van der Waals surface area contributed by atoms with Crippen LogP contribution in [0.25, 0.3) is 0 Å². The number of methoxy groups -OCH3 is 1. The fraction of sp³-hybridized carbons (Fsp3) is 0.267. The van der Waals surface area contributed by atoms with Crippen molar-refractivity contribution in [3.8, 4) is 5.75 Å². The maximum atomic E-state index is 5.34. The van der Waals surface area contributed by atoms with Gasteiger partial charge in [0.05, 0.1) is 17.4 Å². The van der Waals surface area contributed by atoms with Gasteiger partial charge in [0.2, 0.25) is 0 Å². The Hall–Kier alpha value is -1.53. The van der Waals surface area contributed by atoms with Gasteiger partial charge in [-0.15, -0.1) is 11.3 Å². The number of rotatable bonds is 5. The van der Waals surface area contributed by atoms with E-state index < -0.39 is 0 Å². The number of halogens is 1. The molecule has 0 atom stereocenters. The molecule has 4 nitrogen and oxygen atoms in total. The Kier molecular flexibility index (Phi) is 6.07. The second kappa shape index (κ2) is 8.05. The van der Waals surface area contributed by atoms with Crippen LogP contribution in [0, 0.1) is 0 Å². The van der Waals surface area contributed by atoms with Gasteiger partial charge in [0.1, 0.15) is 5.75 Å². The van der Waals surface area contributed by atoms with Crippen molar-refractivity contribution < 1.29 is 4.74 Å². The molecule has 21 heavy (non-hydrogen) atoms. The number of hydrogen-bond donors (Lipinski definition) is 2. The number of nitrogens with zero attached hydrogens (tertiary/aromatic N) is 1. The van der Waals surface area contributed by atoms with Crippen molar-refractivity contribution in [1.29, 1.82) is 0 Å². The normalized spacial score (nSPS) is 11.3. The van der Waals surface area contributed by atoms with Gasteiger partial charge in [-0.2, -0.15) is 0 Å². The van der Waals surface area contributed by atoms with E-state index in [4.69, 9.17) is 4.74 Å². The summed E-state index contributed by atoms with van der Waals surface area (Å²) in [5.74, 6) is 1.65. The Morgan fingerprint density at radius 1 is 1.19 bits per heavy atom. The predicted octanol–water partition coefficient (Wildman–Crippen LogP) is 3.38. The molecular formula is C15H18BrN3OS. The van der Waals surface area contributed by atoms with Gasteiger partial charge in [-0.05, 0) is 34.1 Å². The Balaban J connectivity index is 1.88. The highest BCUT2D eigenvalue weighted by Crippen LogP contribution is 2.21. The zero-order valence-corrected chi connectivity index (χ0v) is 14.4. The molecule has 1 aromatic heterocycles. The van der Waals surface area contributed by atoms with Crippen LogP contribution in [0.15, 0.2) is 45.2 Å². The summed E-state index contributed by atoms with van der Waals surface area (Å²) < 4.78 is 6.47. The fourth-order valence-corrected chi connectivity index (χ4v) is 3.29. The van der Waals surface area contributed by atoms with E-state index in [9.17, 15) is 0 Å². The van der Waals surface area contributed by atoms with Crippen molar-refractivity contribution in [2.75, 3.05) is 14.2 Å². The molecule has 0 aliphatic heterocycles. The first kappa shape index (κ1) is 15.9. The topological polar surface area (TPSA) is 45.7 Å².